The van der Waals surface area contributed by atoms with Gasteiger partial charge in [0.1, 0.15) is 5.82 Å². The van der Waals surface area contributed by atoms with Crippen molar-refractivity contribution in [1.82, 2.24) is 4.90 Å². The lowest BCUT2D eigenvalue weighted by Crippen LogP contribution is -2.29. The molecular formula is C23H18F3N. The van der Waals surface area contributed by atoms with Crippen LogP contribution in [0.1, 0.15) is 22.6 Å². The SMILES string of the molecule is CN1C[C@]1(Cc1cc(F)c(F)cc1F)C1c2ccccc2-c2ccccc21. The van der Waals surface area contributed by atoms with Gasteiger partial charge in [0.05, 0.1) is 0 Å². The van der Waals surface area contributed by atoms with Gasteiger partial charge in [-0.1, -0.05) is 48.5 Å². The van der Waals surface area contributed by atoms with E-state index in [0.29, 0.717) is 12.5 Å². The van der Waals surface area contributed by atoms with E-state index in [0.717, 1.165) is 12.6 Å². The number of benzene rings is 3. The van der Waals surface area contributed by atoms with Crippen molar-refractivity contribution < 1.29 is 13.2 Å². The number of hydrogen-bond acceptors (Lipinski definition) is 1. The second-order valence-electron chi connectivity index (χ2n) is 7.60. The van der Waals surface area contributed by atoms with Crippen LogP contribution in [0.25, 0.3) is 11.1 Å². The molecule has 1 unspecified atom stereocenters. The molecule has 4 heteroatoms. The molecule has 0 bridgehead atoms. The second-order valence-corrected chi connectivity index (χ2v) is 7.60. The molecule has 0 N–H and O–H groups in total. The Kier molecular flexibility index (Phi) is 3.50. The Morgan fingerprint density at radius 2 is 1.37 bits per heavy atom. The summed E-state index contributed by atoms with van der Waals surface area (Å²) in [5.41, 5.74) is 4.71. The molecule has 2 atom stereocenters. The Morgan fingerprint density at radius 3 is 1.93 bits per heavy atom. The van der Waals surface area contributed by atoms with E-state index in [4.69, 9.17) is 0 Å². The summed E-state index contributed by atoms with van der Waals surface area (Å²) in [6.07, 6.45) is 0.333. The van der Waals surface area contributed by atoms with Crippen LogP contribution in [0, 0.1) is 17.5 Å². The van der Waals surface area contributed by atoms with Gasteiger partial charge >= 0.3 is 0 Å². The van der Waals surface area contributed by atoms with E-state index in [-0.39, 0.29) is 17.0 Å². The van der Waals surface area contributed by atoms with Crippen LogP contribution in [0.3, 0.4) is 0 Å². The maximum absolute atomic E-state index is 14.4. The zero-order valence-electron chi connectivity index (χ0n) is 14.8. The molecule has 0 spiro atoms. The molecule has 1 heterocycles. The third-order valence-electron chi connectivity index (χ3n) is 6.12. The van der Waals surface area contributed by atoms with Gasteiger partial charge in [-0.25, -0.2) is 13.2 Å². The number of likely N-dealkylation sites (N-methyl/N-ethyl adjacent to an activating group) is 1. The summed E-state index contributed by atoms with van der Waals surface area (Å²) in [4.78, 5) is 2.18. The molecule has 3 aromatic carbocycles. The van der Waals surface area contributed by atoms with Crippen LogP contribution in [0.5, 0.6) is 0 Å². The first-order chi connectivity index (χ1) is 13.0. The van der Waals surface area contributed by atoms with E-state index in [1.807, 2.05) is 31.3 Å². The average molecular weight is 365 g/mol. The van der Waals surface area contributed by atoms with Gasteiger partial charge in [-0.2, -0.15) is 0 Å². The average Bonchev–Trinajstić information content (AvgIpc) is 3.17. The summed E-state index contributed by atoms with van der Waals surface area (Å²) < 4.78 is 41.5. The predicted molar refractivity (Wildman–Crippen MR) is 99.1 cm³/mol. The molecule has 27 heavy (non-hydrogen) atoms. The minimum atomic E-state index is -1.15. The number of nitrogens with zero attached hydrogens (tertiary/aromatic N) is 1. The van der Waals surface area contributed by atoms with Gasteiger partial charge in [-0.15, -0.1) is 0 Å². The van der Waals surface area contributed by atoms with Gasteiger partial charge in [0.25, 0.3) is 0 Å². The van der Waals surface area contributed by atoms with E-state index in [1.54, 1.807) is 0 Å². The minimum Gasteiger partial charge on any atom is -0.296 e. The number of halogens is 3. The van der Waals surface area contributed by atoms with Gasteiger partial charge < -0.3 is 0 Å². The Bertz CT molecular complexity index is 1020. The van der Waals surface area contributed by atoms with Crippen LogP contribution in [-0.4, -0.2) is 24.0 Å². The standard InChI is InChI=1S/C23H18F3N/c1-27-13-23(27,12-14-10-20(25)21(26)11-19(14)24)22-17-8-4-2-6-15(17)16-7-3-5-9-18(16)22/h2-11,22H,12-13H2,1H3/t23-,27?/m1/s1. The third kappa shape index (κ3) is 2.36. The van der Waals surface area contributed by atoms with Crippen LogP contribution in [0.2, 0.25) is 0 Å². The van der Waals surface area contributed by atoms with Crippen molar-refractivity contribution in [3.63, 3.8) is 0 Å². The summed E-state index contributed by atoms with van der Waals surface area (Å²) >= 11 is 0. The summed E-state index contributed by atoms with van der Waals surface area (Å²) in [7, 11) is 2.00. The number of fused-ring (bicyclic) bond motifs is 3. The highest BCUT2D eigenvalue weighted by molar-refractivity contribution is 5.80. The summed E-state index contributed by atoms with van der Waals surface area (Å²) in [5, 5.41) is 0. The fraction of sp³-hybridized carbons (Fsp3) is 0.217. The third-order valence-corrected chi connectivity index (χ3v) is 6.12. The van der Waals surface area contributed by atoms with Crippen LogP contribution in [0.15, 0.2) is 60.7 Å². The van der Waals surface area contributed by atoms with Crippen molar-refractivity contribution in [3.05, 3.63) is 94.8 Å². The fourth-order valence-electron chi connectivity index (χ4n) is 4.74. The van der Waals surface area contributed by atoms with E-state index in [2.05, 4.69) is 29.2 Å². The molecule has 3 aromatic rings. The number of rotatable bonds is 3. The zero-order chi connectivity index (χ0) is 18.8. The lowest BCUT2D eigenvalue weighted by atomic mass is 9.79. The quantitative estimate of drug-likeness (QED) is 0.459. The van der Waals surface area contributed by atoms with Gasteiger partial charge in [0.15, 0.2) is 11.6 Å². The molecule has 1 aliphatic carbocycles. The van der Waals surface area contributed by atoms with Gasteiger partial charge in [-0.3, -0.25) is 4.90 Å². The predicted octanol–water partition coefficient (Wildman–Crippen LogP) is 5.14. The van der Waals surface area contributed by atoms with Crippen molar-refractivity contribution in [1.29, 1.82) is 0 Å². The maximum Gasteiger partial charge on any atom is 0.161 e. The lowest BCUT2D eigenvalue weighted by Gasteiger charge is -2.26. The highest BCUT2D eigenvalue weighted by atomic mass is 19.2. The molecule has 1 nitrogen and oxygen atoms in total. The molecule has 2 aliphatic rings. The first-order valence-corrected chi connectivity index (χ1v) is 9.04. The fourth-order valence-corrected chi connectivity index (χ4v) is 4.74. The lowest BCUT2D eigenvalue weighted by molar-refractivity contribution is 0.411. The largest absolute Gasteiger partial charge is 0.296 e. The Morgan fingerprint density at radius 1 is 0.852 bits per heavy atom. The van der Waals surface area contributed by atoms with Gasteiger partial charge in [0, 0.05) is 24.1 Å². The Balaban J connectivity index is 1.64. The van der Waals surface area contributed by atoms with E-state index < -0.39 is 17.5 Å². The van der Waals surface area contributed by atoms with Gasteiger partial charge in [-0.05, 0) is 47.4 Å². The number of hydrogen-bond donors (Lipinski definition) is 0. The molecule has 0 aromatic heterocycles. The van der Waals surface area contributed by atoms with Crippen molar-refractivity contribution in [2.45, 2.75) is 17.9 Å². The van der Waals surface area contributed by atoms with Crippen molar-refractivity contribution in [3.8, 4) is 11.1 Å². The van der Waals surface area contributed by atoms with Crippen LogP contribution < -0.4 is 0 Å². The van der Waals surface area contributed by atoms with Crippen molar-refractivity contribution >= 4 is 0 Å². The highest BCUT2D eigenvalue weighted by Gasteiger charge is 2.58. The molecule has 1 saturated heterocycles. The first kappa shape index (κ1) is 16.6. The van der Waals surface area contributed by atoms with Crippen molar-refractivity contribution in [2.24, 2.45) is 0 Å². The topological polar surface area (TPSA) is 3.01 Å². The molecule has 5 rings (SSSR count). The van der Waals surface area contributed by atoms with Crippen molar-refractivity contribution in [2.75, 3.05) is 13.6 Å². The Labute approximate surface area is 156 Å². The molecule has 0 saturated carbocycles. The zero-order valence-corrected chi connectivity index (χ0v) is 14.8. The van der Waals surface area contributed by atoms with Crippen LogP contribution in [-0.2, 0) is 6.42 Å². The van der Waals surface area contributed by atoms with Crippen LogP contribution in [0.4, 0.5) is 13.2 Å². The van der Waals surface area contributed by atoms with E-state index >= 15 is 0 Å². The second kappa shape index (κ2) is 5.70. The molecule has 0 amide bonds. The van der Waals surface area contributed by atoms with E-state index in [1.165, 1.54) is 22.3 Å². The normalized spacial score (nSPS) is 23.2. The minimum absolute atomic E-state index is 0.0717. The Hall–Kier alpha value is -2.59. The maximum atomic E-state index is 14.4. The first-order valence-electron chi connectivity index (χ1n) is 9.04. The summed E-state index contributed by atoms with van der Waals surface area (Å²) in [5.74, 6) is -2.77. The van der Waals surface area contributed by atoms with Crippen LogP contribution >= 0.6 is 0 Å². The smallest absolute Gasteiger partial charge is 0.161 e. The van der Waals surface area contributed by atoms with Gasteiger partial charge in [0.2, 0.25) is 0 Å². The van der Waals surface area contributed by atoms with E-state index in [9.17, 15) is 13.2 Å². The summed E-state index contributed by atoms with van der Waals surface area (Å²) in [6, 6.07) is 18.2. The molecule has 0 radical (unpaired) electrons. The molecular weight excluding hydrogens is 347 g/mol. The molecule has 1 aliphatic heterocycles. The summed E-state index contributed by atoms with van der Waals surface area (Å²) in [6.45, 7) is 0.777. The molecule has 136 valence electrons. The molecule has 1 fully saturated rings. The monoisotopic (exact) mass is 365 g/mol. The highest BCUT2D eigenvalue weighted by Crippen LogP contribution is 2.56.